The molecule has 276 valence electrons. The summed E-state index contributed by atoms with van der Waals surface area (Å²) in [5, 5.41) is 33.9. The minimum absolute atomic E-state index is 0.284. The molecule has 1 aliphatic heterocycles. The number of nitrogens with two attached hydrogens (primary N) is 1. The number of hydrogen-bond acceptors (Lipinski definition) is 17. The molecule has 2 heterocycles. The third-order valence-corrected chi connectivity index (χ3v) is 8.70. The van der Waals surface area contributed by atoms with Gasteiger partial charge in [0.1, 0.15) is 11.4 Å². The number of carbonyl (C=O) groups is 12. The summed E-state index contributed by atoms with van der Waals surface area (Å²) in [6.45, 7) is 8.80. The fourth-order valence-corrected chi connectivity index (χ4v) is 6.48. The van der Waals surface area contributed by atoms with Gasteiger partial charge in [-0.25, -0.2) is 4.98 Å². The summed E-state index contributed by atoms with van der Waals surface area (Å²) in [7, 11) is 0. The number of carbonyl (C=O) groups excluding carboxylic acids is 12. The first-order chi connectivity index (χ1) is 22.9. The molecule has 1 saturated heterocycles. The number of hydrogen-bond donors (Lipinski definition) is 4. The van der Waals surface area contributed by atoms with Crippen LogP contribution in [0.1, 0.15) is 128 Å². The molecule has 1 aliphatic rings. The number of aliphatic hydroxyl groups is 3. The summed E-state index contributed by atoms with van der Waals surface area (Å²) >= 11 is 0. The van der Waals surface area contributed by atoms with Gasteiger partial charge >= 0.3 is 0 Å². The average Bonchev–Trinajstić information content (AvgIpc) is 3.19. The summed E-state index contributed by atoms with van der Waals surface area (Å²) in [4.78, 5) is 150. The van der Waals surface area contributed by atoms with Gasteiger partial charge < -0.3 is 25.8 Å². The second-order valence-electron chi connectivity index (χ2n) is 12.0. The summed E-state index contributed by atoms with van der Waals surface area (Å²) in [6, 6.07) is 0. The Balaban J connectivity index is 0.000000543. The van der Waals surface area contributed by atoms with Gasteiger partial charge in [-0.2, -0.15) is 0 Å². The summed E-state index contributed by atoms with van der Waals surface area (Å²) in [5.41, 5.74) is -15.0. The summed E-state index contributed by atoms with van der Waals surface area (Å²) in [5.74, 6) is -14.2. The molecule has 1 aromatic heterocycles. The molecule has 2 rings (SSSR count). The van der Waals surface area contributed by atoms with Crippen molar-refractivity contribution >= 4 is 69.5 Å². The molecule has 3 atom stereocenters. The first-order valence-corrected chi connectivity index (χ1v) is 14.8. The second-order valence-corrected chi connectivity index (χ2v) is 12.0. The molecular weight excluding hydrogens is 680 g/mol. The summed E-state index contributed by atoms with van der Waals surface area (Å²) < 4.78 is 5.28. The zero-order valence-corrected chi connectivity index (χ0v) is 29.7. The number of nitrogens with zero attached hydrogens (tertiary/aromatic N) is 1. The zero-order chi connectivity index (χ0) is 40.7. The maximum atomic E-state index is 12.8. The van der Waals surface area contributed by atoms with E-state index in [4.69, 9.17) is 10.5 Å². The molecular formula is C33H38N2O16. The van der Waals surface area contributed by atoms with E-state index in [1.807, 2.05) is 0 Å². The average molecular weight is 719 g/mol. The van der Waals surface area contributed by atoms with E-state index in [1.54, 1.807) is 0 Å². The number of ketones is 11. The number of Topliss-reactive ketones (excluding diaryl/α,β-unsaturated/α-hetero) is 11. The molecule has 0 aliphatic carbocycles. The Morgan fingerprint density at radius 1 is 0.529 bits per heavy atom. The van der Waals surface area contributed by atoms with Gasteiger partial charge in [-0.1, -0.05) is 0 Å². The van der Waals surface area contributed by atoms with E-state index < -0.39 is 103 Å². The van der Waals surface area contributed by atoms with Crippen LogP contribution in [-0.2, 0) is 38.3 Å². The Bertz CT molecular complexity index is 1790. The molecule has 18 heteroatoms. The number of ether oxygens (including phenoxy) is 1. The van der Waals surface area contributed by atoms with E-state index in [0.29, 0.717) is 48.5 Å². The lowest BCUT2D eigenvalue weighted by atomic mass is 9.56. The van der Waals surface area contributed by atoms with Gasteiger partial charge in [0, 0.05) is 19.4 Å². The lowest BCUT2D eigenvalue weighted by molar-refractivity contribution is -0.228. The van der Waals surface area contributed by atoms with Crippen molar-refractivity contribution in [2.45, 2.75) is 104 Å². The van der Waals surface area contributed by atoms with Gasteiger partial charge in [0.25, 0.3) is 5.91 Å². The normalized spacial score (nSPS) is 22.1. The topological polar surface area (TPSA) is 314 Å². The molecule has 1 aromatic rings. The molecule has 0 spiro atoms. The largest absolute Gasteiger partial charge is 0.376 e. The van der Waals surface area contributed by atoms with Crippen LogP contribution >= 0.6 is 0 Å². The van der Waals surface area contributed by atoms with Crippen LogP contribution in [0.25, 0.3) is 0 Å². The van der Waals surface area contributed by atoms with Crippen LogP contribution < -0.4 is 5.73 Å². The van der Waals surface area contributed by atoms with Gasteiger partial charge in [0.15, 0.2) is 63.6 Å². The Morgan fingerprint density at radius 3 is 1.12 bits per heavy atom. The highest BCUT2D eigenvalue weighted by Gasteiger charge is 2.92. The minimum Gasteiger partial charge on any atom is -0.376 e. The second kappa shape index (κ2) is 14.2. The van der Waals surface area contributed by atoms with E-state index in [-0.39, 0.29) is 22.5 Å². The first kappa shape index (κ1) is 43.9. The number of pyridine rings is 1. The van der Waals surface area contributed by atoms with Gasteiger partial charge in [-0.05, 0) is 62.3 Å². The number of primary amides is 1. The molecule has 0 saturated carbocycles. The fourth-order valence-electron chi connectivity index (χ4n) is 6.48. The Morgan fingerprint density at radius 2 is 0.882 bits per heavy atom. The molecule has 5 N–H and O–H groups in total. The highest BCUT2D eigenvalue weighted by atomic mass is 16.6. The highest BCUT2D eigenvalue weighted by Crippen LogP contribution is 2.59. The molecule has 0 bridgehead atoms. The van der Waals surface area contributed by atoms with Crippen LogP contribution in [0, 0.1) is 0 Å². The molecule has 51 heavy (non-hydrogen) atoms. The number of amides is 1. The smallest absolute Gasteiger partial charge is 0.251 e. The van der Waals surface area contributed by atoms with Gasteiger partial charge in [0.2, 0.25) is 28.0 Å². The van der Waals surface area contributed by atoms with Crippen molar-refractivity contribution in [3.05, 3.63) is 28.1 Å². The minimum atomic E-state index is -3.89. The van der Waals surface area contributed by atoms with E-state index in [2.05, 4.69) is 4.98 Å². The van der Waals surface area contributed by atoms with Crippen LogP contribution in [0.4, 0.5) is 0 Å². The molecule has 0 aromatic carbocycles. The lowest BCUT2D eigenvalue weighted by Crippen LogP contribution is -2.82. The zero-order valence-electron chi connectivity index (χ0n) is 29.7. The van der Waals surface area contributed by atoms with E-state index >= 15 is 0 Å². The maximum absolute atomic E-state index is 12.8. The van der Waals surface area contributed by atoms with Gasteiger partial charge in [-0.15, -0.1) is 0 Å². The van der Waals surface area contributed by atoms with E-state index in [0.717, 1.165) is 27.7 Å². The number of rotatable bonds is 13. The monoisotopic (exact) mass is 718 g/mol. The van der Waals surface area contributed by atoms with Crippen molar-refractivity contribution in [3.63, 3.8) is 0 Å². The van der Waals surface area contributed by atoms with Crippen molar-refractivity contribution in [2.75, 3.05) is 0 Å². The van der Waals surface area contributed by atoms with Crippen molar-refractivity contribution in [3.8, 4) is 0 Å². The predicted octanol–water partition coefficient (Wildman–Crippen LogP) is -1.20. The van der Waals surface area contributed by atoms with Crippen LogP contribution in [0.15, 0.2) is 0 Å². The van der Waals surface area contributed by atoms with Crippen LogP contribution in [0.2, 0.25) is 0 Å². The highest BCUT2D eigenvalue weighted by molar-refractivity contribution is 6.25. The van der Waals surface area contributed by atoms with Crippen LogP contribution in [0.3, 0.4) is 0 Å². The maximum Gasteiger partial charge on any atom is 0.251 e. The van der Waals surface area contributed by atoms with Crippen molar-refractivity contribution in [1.82, 2.24) is 4.98 Å². The Kier molecular flexibility index (Phi) is 12.2. The van der Waals surface area contributed by atoms with Crippen molar-refractivity contribution in [2.24, 2.45) is 5.73 Å². The molecule has 0 unspecified atom stereocenters. The SMILES string of the molecule is CC(=O)C(O)(C(C)=O)[C@@]1(C(C)=O)OC(C(C)=O)(C(C)=O)[C@@](O)(C(C)=O)[C@@]1(O)C(C)=O.CC(=O)c1nc(C(C)=O)c(C(N)=O)c(C(C)=O)c1C(C)=O. The Labute approximate surface area is 290 Å². The molecule has 18 nitrogen and oxygen atoms in total. The third-order valence-electron chi connectivity index (χ3n) is 8.70. The van der Waals surface area contributed by atoms with Crippen molar-refractivity contribution < 1.29 is 77.6 Å². The molecule has 1 amide bonds. The standard InChI is InChI=1S/C19H24O11.C14H14N2O5/c1-8(20)15(27,9(2)21)19(14(7)26)18(29,13(6)25)17(28,12(5)24)16(30-19,10(3)22)11(4)23;1-5(17)9-10(6(2)18)12(7(3)19)16-13(8(4)20)11(9)14(15)21/h27-29H,1-7H3;1-4H3,(H2,15,21)/t17-,18-,19+;/m0./s1. The third kappa shape index (κ3) is 5.82. The predicted molar refractivity (Wildman–Crippen MR) is 169 cm³/mol. The Hall–Kier alpha value is -5.17. The van der Waals surface area contributed by atoms with Crippen LogP contribution in [0.5, 0.6) is 0 Å². The van der Waals surface area contributed by atoms with Gasteiger partial charge in [-0.3, -0.25) is 57.5 Å². The van der Waals surface area contributed by atoms with E-state index in [9.17, 15) is 72.9 Å². The summed E-state index contributed by atoms with van der Waals surface area (Å²) in [6.07, 6.45) is 0. The fraction of sp³-hybridized carbons (Fsp3) is 0.485. The van der Waals surface area contributed by atoms with Crippen molar-refractivity contribution in [1.29, 1.82) is 0 Å². The van der Waals surface area contributed by atoms with Crippen LogP contribution in [-0.4, -0.2) is 118 Å². The molecule has 0 radical (unpaired) electrons. The first-order valence-electron chi connectivity index (χ1n) is 14.8. The number of aromatic nitrogens is 1. The quantitative estimate of drug-likeness (QED) is 0.137. The van der Waals surface area contributed by atoms with Gasteiger partial charge in [0.05, 0.1) is 11.1 Å². The lowest BCUT2D eigenvalue weighted by Gasteiger charge is -2.47. The molecule has 1 fully saturated rings. The van der Waals surface area contributed by atoms with E-state index in [1.165, 1.54) is 0 Å².